The van der Waals surface area contributed by atoms with Crippen LogP contribution in [0.15, 0.2) is 28.9 Å². The number of anilines is 2. The summed E-state index contributed by atoms with van der Waals surface area (Å²) in [5.74, 6) is 0.262. The Bertz CT molecular complexity index is 1240. The minimum Gasteiger partial charge on any atom is -0.462 e. The molecule has 1 aliphatic carbocycles. The number of nitrogens with zero attached hydrogens (tertiary/aromatic N) is 2. The SMILES string of the molecule is CCOC(=O)c1c(NC(=S)Nc2nn(Cc3ccc(Cl)c(Cl)c3)cc2Br)sc2c1CCCCCC2. The first-order valence-corrected chi connectivity index (χ1v) is 14.2. The van der Waals surface area contributed by atoms with Crippen LogP contribution in [0.2, 0.25) is 10.0 Å². The maximum atomic E-state index is 12.9. The van der Waals surface area contributed by atoms with Crippen molar-refractivity contribution in [3.63, 3.8) is 0 Å². The van der Waals surface area contributed by atoms with Crippen molar-refractivity contribution < 1.29 is 9.53 Å². The lowest BCUT2D eigenvalue weighted by molar-refractivity contribution is 0.0526. The van der Waals surface area contributed by atoms with Crippen molar-refractivity contribution in [2.45, 2.75) is 52.0 Å². The third-order valence-electron chi connectivity index (χ3n) is 5.66. The average molecular weight is 616 g/mol. The fourth-order valence-corrected chi connectivity index (χ4v) is 6.34. The zero-order chi connectivity index (χ0) is 24.9. The molecular weight excluding hydrogens is 591 g/mol. The van der Waals surface area contributed by atoms with Gasteiger partial charge in [0, 0.05) is 11.1 Å². The number of aryl methyl sites for hydroxylation is 1. The van der Waals surface area contributed by atoms with Gasteiger partial charge in [-0.1, -0.05) is 42.1 Å². The molecule has 0 fully saturated rings. The zero-order valence-corrected chi connectivity index (χ0v) is 23.9. The zero-order valence-electron chi connectivity index (χ0n) is 19.1. The summed E-state index contributed by atoms with van der Waals surface area (Å²) in [6.07, 6.45) is 8.30. The average Bonchev–Trinajstić information content (AvgIpc) is 3.29. The summed E-state index contributed by atoms with van der Waals surface area (Å²) in [5, 5.41) is 13.0. The van der Waals surface area contributed by atoms with Gasteiger partial charge in [-0.05, 0) is 84.0 Å². The smallest absolute Gasteiger partial charge is 0.341 e. The topological polar surface area (TPSA) is 68.2 Å². The van der Waals surface area contributed by atoms with Gasteiger partial charge in [0.05, 0.1) is 33.2 Å². The van der Waals surface area contributed by atoms with Crippen LogP contribution in [-0.4, -0.2) is 27.5 Å². The second-order valence-electron chi connectivity index (χ2n) is 8.19. The van der Waals surface area contributed by atoms with E-state index in [-0.39, 0.29) is 5.97 Å². The summed E-state index contributed by atoms with van der Waals surface area (Å²) >= 11 is 22.9. The molecule has 0 radical (unpaired) electrons. The number of thiophene rings is 1. The Morgan fingerprint density at radius 3 is 2.71 bits per heavy atom. The molecule has 1 aromatic carbocycles. The van der Waals surface area contributed by atoms with E-state index in [1.165, 1.54) is 17.7 Å². The number of esters is 1. The lowest BCUT2D eigenvalue weighted by Gasteiger charge is -2.12. The number of halogens is 3. The first kappa shape index (κ1) is 26.4. The summed E-state index contributed by atoms with van der Waals surface area (Å²) in [4.78, 5) is 14.1. The van der Waals surface area contributed by atoms with E-state index in [0.717, 1.165) is 46.3 Å². The largest absolute Gasteiger partial charge is 0.462 e. The highest BCUT2D eigenvalue weighted by molar-refractivity contribution is 9.10. The highest BCUT2D eigenvalue weighted by Crippen LogP contribution is 2.38. The van der Waals surface area contributed by atoms with E-state index in [1.54, 1.807) is 22.1 Å². The molecule has 0 aliphatic heterocycles. The van der Waals surface area contributed by atoms with Gasteiger partial charge in [-0.3, -0.25) is 4.68 Å². The normalized spacial score (nSPS) is 13.5. The van der Waals surface area contributed by atoms with Gasteiger partial charge in [0.15, 0.2) is 10.9 Å². The number of hydrogen-bond donors (Lipinski definition) is 2. The van der Waals surface area contributed by atoms with E-state index < -0.39 is 0 Å². The molecule has 0 saturated heterocycles. The molecule has 2 aromatic heterocycles. The molecule has 2 heterocycles. The standard InChI is InChI=1S/C24H25BrCl2N4O2S2/c1-2-33-23(32)20-15-7-5-3-4-6-8-19(15)35-22(20)29-24(34)28-21-16(25)13-31(30-21)12-14-9-10-17(26)18(27)11-14/h9-11,13H,2-8,12H2,1H3,(H2,28,29,30,34). The minimum absolute atomic E-state index is 0.303. The van der Waals surface area contributed by atoms with Gasteiger partial charge in [-0.2, -0.15) is 5.10 Å². The summed E-state index contributed by atoms with van der Waals surface area (Å²) in [5.41, 5.74) is 2.68. The van der Waals surface area contributed by atoms with E-state index in [1.807, 2.05) is 25.3 Å². The molecule has 0 saturated carbocycles. The molecule has 6 nitrogen and oxygen atoms in total. The quantitative estimate of drug-likeness (QED) is 0.219. The lowest BCUT2D eigenvalue weighted by atomic mass is 9.96. The maximum absolute atomic E-state index is 12.9. The first-order valence-electron chi connectivity index (χ1n) is 11.4. The van der Waals surface area contributed by atoms with E-state index in [2.05, 4.69) is 31.7 Å². The van der Waals surface area contributed by atoms with E-state index in [9.17, 15) is 4.79 Å². The second-order valence-corrected chi connectivity index (χ2v) is 11.4. The highest BCUT2D eigenvalue weighted by Gasteiger charge is 2.26. The molecule has 2 N–H and O–H groups in total. The Hall–Kier alpha value is -1.65. The summed E-state index contributed by atoms with van der Waals surface area (Å²) in [6.45, 7) is 2.66. The van der Waals surface area contributed by atoms with Crippen molar-refractivity contribution in [1.82, 2.24) is 9.78 Å². The number of ether oxygens (including phenoxy) is 1. The predicted octanol–water partition coefficient (Wildman–Crippen LogP) is 7.71. The van der Waals surface area contributed by atoms with Crippen LogP contribution < -0.4 is 10.6 Å². The van der Waals surface area contributed by atoms with Gasteiger partial charge in [-0.15, -0.1) is 11.3 Å². The van der Waals surface area contributed by atoms with Crippen LogP contribution in [0.3, 0.4) is 0 Å². The Morgan fingerprint density at radius 1 is 1.20 bits per heavy atom. The van der Waals surface area contributed by atoms with Crippen molar-refractivity contribution >= 4 is 84.6 Å². The van der Waals surface area contributed by atoms with Crippen molar-refractivity contribution in [1.29, 1.82) is 0 Å². The van der Waals surface area contributed by atoms with E-state index >= 15 is 0 Å². The molecular formula is C24H25BrCl2N4O2S2. The Labute approximate surface area is 232 Å². The molecule has 186 valence electrons. The fraction of sp³-hybridized carbons (Fsp3) is 0.375. The predicted molar refractivity (Wildman–Crippen MR) is 151 cm³/mol. The van der Waals surface area contributed by atoms with Crippen molar-refractivity contribution in [3.05, 3.63) is 60.5 Å². The number of aromatic nitrogens is 2. The Balaban J connectivity index is 1.50. The Kier molecular flexibility index (Phi) is 9.10. The molecule has 1 aliphatic rings. The number of fused-ring (bicyclic) bond motifs is 1. The number of rotatable bonds is 6. The molecule has 0 atom stereocenters. The van der Waals surface area contributed by atoms with Gasteiger partial charge in [-0.25, -0.2) is 4.79 Å². The summed E-state index contributed by atoms with van der Waals surface area (Å²) < 4.78 is 7.91. The summed E-state index contributed by atoms with van der Waals surface area (Å²) in [7, 11) is 0. The van der Waals surface area contributed by atoms with Crippen LogP contribution >= 0.6 is 62.7 Å². The molecule has 0 unspecified atom stereocenters. The van der Waals surface area contributed by atoms with Crippen molar-refractivity contribution in [2.75, 3.05) is 17.2 Å². The second kappa shape index (κ2) is 12.1. The fourth-order valence-electron chi connectivity index (χ4n) is 4.06. The van der Waals surface area contributed by atoms with Crippen molar-refractivity contribution in [2.24, 2.45) is 0 Å². The van der Waals surface area contributed by atoms with E-state index in [4.69, 9.17) is 40.2 Å². The van der Waals surface area contributed by atoms with Gasteiger partial charge < -0.3 is 15.4 Å². The molecule has 0 bridgehead atoms. The Morgan fingerprint density at radius 2 is 1.97 bits per heavy atom. The number of carbonyl (C=O) groups excluding carboxylic acids is 1. The number of hydrogen-bond acceptors (Lipinski definition) is 5. The highest BCUT2D eigenvalue weighted by atomic mass is 79.9. The van der Waals surface area contributed by atoms with Crippen LogP contribution in [0.4, 0.5) is 10.8 Å². The third-order valence-corrected chi connectivity index (χ3v) is 8.39. The maximum Gasteiger partial charge on any atom is 0.341 e. The third kappa shape index (κ3) is 6.57. The van der Waals surface area contributed by atoms with Gasteiger partial charge in [0.1, 0.15) is 5.00 Å². The molecule has 0 spiro atoms. The summed E-state index contributed by atoms with van der Waals surface area (Å²) in [6, 6.07) is 5.49. The van der Waals surface area contributed by atoms with Crippen LogP contribution in [0.25, 0.3) is 0 Å². The number of thiocarbonyl (C=S) groups is 1. The van der Waals surface area contributed by atoms with Crippen LogP contribution in [0.1, 0.15) is 59.0 Å². The molecule has 0 amide bonds. The van der Waals surface area contributed by atoms with Crippen molar-refractivity contribution in [3.8, 4) is 0 Å². The number of nitrogens with one attached hydrogen (secondary N) is 2. The van der Waals surface area contributed by atoms with Crippen LogP contribution in [0.5, 0.6) is 0 Å². The monoisotopic (exact) mass is 614 g/mol. The van der Waals surface area contributed by atoms with Gasteiger partial charge >= 0.3 is 5.97 Å². The first-order chi connectivity index (χ1) is 16.9. The van der Waals surface area contributed by atoms with Gasteiger partial charge in [0.2, 0.25) is 0 Å². The lowest BCUT2D eigenvalue weighted by Crippen LogP contribution is -2.21. The van der Waals surface area contributed by atoms with Gasteiger partial charge in [0.25, 0.3) is 0 Å². The molecule has 3 aromatic rings. The van der Waals surface area contributed by atoms with Crippen LogP contribution in [0, 0.1) is 0 Å². The number of carbonyl (C=O) groups is 1. The molecule has 4 rings (SSSR count). The van der Waals surface area contributed by atoms with E-state index in [0.29, 0.717) is 39.7 Å². The molecule has 11 heteroatoms. The number of benzene rings is 1. The van der Waals surface area contributed by atoms with Crippen LogP contribution in [-0.2, 0) is 24.1 Å². The molecule has 35 heavy (non-hydrogen) atoms. The minimum atomic E-state index is -0.303.